The Morgan fingerprint density at radius 2 is 0.593 bits per heavy atom. The number of carbonyl (C=O) groups is 4. The Balaban J connectivity index is 5.25. The van der Waals surface area contributed by atoms with Gasteiger partial charge in [0.15, 0.2) is 12.2 Å². The van der Waals surface area contributed by atoms with Gasteiger partial charge in [-0.15, -0.1) is 0 Å². The third kappa shape index (κ3) is 55.7. The molecule has 0 heterocycles. The molecule has 0 aliphatic heterocycles. The molecule has 0 saturated carbocycles. The summed E-state index contributed by atoms with van der Waals surface area (Å²) in [5, 5.41) is 10.5. The number of ether oxygens (including phenoxy) is 4. The van der Waals surface area contributed by atoms with Gasteiger partial charge in [0.1, 0.15) is 19.3 Å². The normalized spacial score (nSPS) is 14.8. The van der Waals surface area contributed by atoms with Crippen LogP contribution in [0.2, 0.25) is 0 Å². The third-order valence-electron chi connectivity index (χ3n) is 14.4. The molecule has 0 spiro atoms. The number of hydrogen-bond donors (Lipinski definition) is 3. The largest absolute Gasteiger partial charge is 0.472 e. The zero-order chi connectivity index (χ0) is 60.4. The van der Waals surface area contributed by atoms with Crippen LogP contribution in [0.15, 0.2) is 0 Å². The Hall–Kier alpha value is -1.94. The minimum Gasteiger partial charge on any atom is -0.462 e. The summed E-state index contributed by atoms with van der Waals surface area (Å²) >= 11 is 0. The van der Waals surface area contributed by atoms with Crippen LogP contribution in [-0.2, 0) is 65.4 Å². The van der Waals surface area contributed by atoms with Crippen molar-refractivity contribution in [1.29, 1.82) is 0 Å². The first-order valence-electron chi connectivity index (χ1n) is 32.2. The summed E-state index contributed by atoms with van der Waals surface area (Å²) in [5.41, 5.74) is 0. The molecule has 0 aromatic carbocycles. The minimum absolute atomic E-state index is 0.101. The summed E-state index contributed by atoms with van der Waals surface area (Å²) in [6, 6.07) is 0. The Morgan fingerprint density at radius 3 is 0.877 bits per heavy atom. The Morgan fingerprint density at radius 1 is 0.346 bits per heavy atom. The minimum atomic E-state index is -4.94. The second-order valence-corrected chi connectivity index (χ2v) is 27.0. The molecule has 17 nitrogen and oxygen atoms in total. The van der Waals surface area contributed by atoms with Gasteiger partial charge in [-0.2, -0.15) is 0 Å². The van der Waals surface area contributed by atoms with Gasteiger partial charge in [0.2, 0.25) is 0 Å². The number of esters is 4. The molecule has 0 rings (SSSR count). The van der Waals surface area contributed by atoms with E-state index in [-0.39, 0.29) is 25.7 Å². The van der Waals surface area contributed by atoms with Crippen LogP contribution in [0.5, 0.6) is 0 Å². The van der Waals surface area contributed by atoms with Gasteiger partial charge in [-0.3, -0.25) is 37.3 Å². The van der Waals surface area contributed by atoms with E-state index in [1.54, 1.807) is 0 Å². The predicted octanol–water partition coefficient (Wildman–Crippen LogP) is 16.6. The highest BCUT2D eigenvalue weighted by Crippen LogP contribution is 2.45. The lowest BCUT2D eigenvalue weighted by molar-refractivity contribution is -0.161. The maximum absolute atomic E-state index is 12.9. The number of rotatable bonds is 59. The molecule has 81 heavy (non-hydrogen) atoms. The maximum atomic E-state index is 12.9. The van der Waals surface area contributed by atoms with Crippen LogP contribution in [0.3, 0.4) is 0 Å². The molecule has 6 atom stereocenters. The highest BCUT2D eigenvalue weighted by atomic mass is 31.2. The Labute approximate surface area is 492 Å². The first-order valence-corrected chi connectivity index (χ1v) is 35.2. The Bertz CT molecular complexity index is 1630. The summed E-state index contributed by atoms with van der Waals surface area (Å²) in [6.45, 7) is 13.9. The fraction of sp³-hybridized carbons (Fsp3) is 0.935. The molecule has 0 saturated heterocycles. The Kier molecular flexibility index (Phi) is 51.1. The smallest absolute Gasteiger partial charge is 0.462 e. The molecular formula is C62H120O17P2. The molecule has 480 valence electrons. The van der Waals surface area contributed by atoms with Crippen molar-refractivity contribution in [2.24, 2.45) is 23.7 Å². The topological polar surface area (TPSA) is 237 Å². The fourth-order valence-corrected chi connectivity index (χ4v) is 10.6. The fourth-order valence-electron chi connectivity index (χ4n) is 9.04. The van der Waals surface area contributed by atoms with Crippen molar-refractivity contribution in [2.75, 3.05) is 39.6 Å². The van der Waals surface area contributed by atoms with Gasteiger partial charge in [0.25, 0.3) is 0 Å². The second kappa shape index (κ2) is 52.4. The van der Waals surface area contributed by atoms with Crippen LogP contribution in [-0.4, -0.2) is 96.7 Å². The van der Waals surface area contributed by atoms with E-state index in [1.807, 2.05) is 0 Å². The standard InChI is InChI=1S/C62H120O17P2/c1-9-55(8)41-33-25-19-21-29-37-45-62(67)79-58(48-72-59(64)42-34-26-16-12-10-14-22-30-38-52(2)3)51-77-81(70,71)75-47-56(63)46-74-80(68,69)76-50-57(49-73-60(65)43-35-27-20-18-24-32-40-54(6)7)78-61(66)44-36-28-17-13-11-15-23-31-39-53(4)5/h52-58,63H,9-51H2,1-8H3,(H,68,69)(H,70,71)/t55?,56-,57+,58+/m0/s1. The highest BCUT2D eigenvalue weighted by Gasteiger charge is 2.30. The van der Waals surface area contributed by atoms with Gasteiger partial charge >= 0.3 is 39.5 Å². The van der Waals surface area contributed by atoms with E-state index in [0.717, 1.165) is 114 Å². The SMILES string of the molecule is CCC(C)CCCCCCCCC(=O)O[C@H](COC(=O)CCCCCCCCCCC(C)C)COP(=O)(O)OC[C@@H](O)COP(=O)(O)OC[C@@H](COC(=O)CCCCCCCCC(C)C)OC(=O)CCCCCCCCCCC(C)C. The first kappa shape index (κ1) is 79.1. The van der Waals surface area contributed by atoms with Gasteiger partial charge in [-0.25, -0.2) is 9.13 Å². The van der Waals surface area contributed by atoms with Crippen molar-refractivity contribution >= 4 is 39.5 Å². The van der Waals surface area contributed by atoms with Crippen LogP contribution >= 0.6 is 15.6 Å². The van der Waals surface area contributed by atoms with E-state index in [2.05, 4.69) is 55.4 Å². The van der Waals surface area contributed by atoms with E-state index in [1.165, 1.54) is 89.9 Å². The number of hydrogen-bond acceptors (Lipinski definition) is 15. The molecule has 0 bridgehead atoms. The molecule has 0 aromatic heterocycles. The van der Waals surface area contributed by atoms with Crippen molar-refractivity contribution in [1.82, 2.24) is 0 Å². The van der Waals surface area contributed by atoms with Crippen molar-refractivity contribution in [3.05, 3.63) is 0 Å². The van der Waals surface area contributed by atoms with E-state index >= 15 is 0 Å². The van der Waals surface area contributed by atoms with Gasteiger partial charge in [-0.1, -0.05) is 242 Å². The zero-order valence-electron chi connectivity index (χ0n) is 52.4. The van der Waals surface area contributed by atoms with Gasteiger partial charge in [0.05, 0.1) is 26.4 Å². The van der Waals surface area contributed by atoms with Crippen LogP contribution in [0.1, 0.15) is 293 Å². The van der Waals surface area contributed by atoms with Crippen molar-refractivity contribution < 1.29 is 80.2 Å². The quantitative estimate of drug-likeness (QED) is 0.0222. The highest BCUT2D eigenvalue weighted by molar-refractivity contribution is 7.47. The molecule has 3 unspecified atom stereocenters. The monoisotopic (exact) mass is 1200 g/mol. The molecule has 0 fully saturated rings. The second-order valence-electron chi connectivity index (χ2n) is 24.1. The summed E-state index contributed by atoms with van der Waals surface area (Å²) in [7, 11) is -9.88. The van der Waals surface area contributed by atoms with Crippen LogP contribution in [0.4, 0.5) is 0 Å². The van der Waals surface area contributed by atoms with Crippen LogP contribution in [0.25, 0.3) is 0 Å². The van der Waals surface area contributed by atoms with Crippen molar-refractivity contribution in [3.63, 3.8) is 0 Å². The van der Waals surface area contributed by atoms with Crippen LogP contribution < -0.4 is 0 Å². The molecule has 0 aliphatic rings. The van der Waals surface area contributed by atoms with Crippen LogP contribution in [0, 0.1) is 23.7 Å². The molecule has 19 heteroatoms. The molecule has 0 aromatic rings. The van der Waals surface area contributed by atoms with E-state index in [4.69, 9.17) is 37.0 Å². The average molecular weight is 1200 g/mol. The number of phosphoric ester groups is 2. The lowest BCUT2D eigenvalue weighted by Gasteiger charge is -2.21. The number of carbonyl (C=O) groups excluding carboxylic acids is 4. The molecular weight excluding hydrogens is 1080 g/mol. The van der Waals surface area contributed by atoms with E-state index in [0.29, 0.717) is 31.6 Å². The lowest BCUT2D eigenvalue weighted by atomic mass is 10.00. The molecule has 0 radical (unpaired) electrons. The lowest BCUT2D eigenvalue weighted by Crippen LogP contribution is -2.30. The molecule has 0 aliphatic carbocycles. The molecule has 0 amide bonds. The number of unbranched alkanes of at least 4 members (excludes halogenated alkanes) is 24. The first-order chi connectivity index (χ1) is 38.6. The number of aliphatic hydroxyl groups excluding tert-OH is 1. The summed E-state index contributed by atoms with van der Waals surface area (Å²) in [6.07, 6.45) is 31.0. The summed E-state index contributed by atoms with van der Waals surface area (Å²) in [4.78, 5) is 72.1. The zero-order valence-corrected chi connectivity index (χ0v) is 54.2. The predicted molar refractivity (Wildman–Crippen MR) is 321 cm³/mol. The van der Waals surface area contributed by atoms with Gasteiger partial charge in [0, 0.05) is 25.7 Å². The van der Waals surface area contributed by atoms with Gasteiger partial charge < -0.3 is 33.8 Å². The molecule has 3 N–H and O–H groups in total. The van der Waals surface area contributed by atoms with Crippen molar-refractivity contribution in [2.45, 2.75) is 311 Å². The van der Waals surface area contributed by atoms with Gasteiger partial charge in [-0.05, 0) is 49.4 Å². The average Bonchev–Trinajstić information content (AvgIpc) is 3.41. The number of aliphatic hydroxyl groups is 1. The van der Waals surface area contributed by atoms with Crippen molar-refractivity contribution in [3.8, 4) is 0 Å². The maximum Gasteiger partial charge on any atom is 0.472 e. The summed E-state index contributed by atoms with van der Waals surface area (Å²) in [5.74, 6) is 0.697. The third-order valence-corrected chi connectivity index (χ3v) is 16.3. The summed E-state index contributed by atoms with van der Waals surface area (Å²) < 4.78 is 67.9. The van der Waals surface area contributed by atoms with E-state index < -0.39 is 97.5 Å². The van der Waals surface area contributed by atoms with E-state index in [9.17, 15) is 43.2 Å². The number of phosphoric acid groups is 2.